The van der Waals surface area contributed by atoms with E-state index in [0.717, 1.165) is 25.9 Å². The maximum Gasteiger partial charge on any atom is 0.407 e. The lowest BCUT2D eigenvalue weighted by atomic mass is 10.1. The van der Waals surface area contributed by atoms with Crippen LogP contribution in [0.1, 0.15) is 33.6 Å². The zero-order chi connectivity index (χ0) is 12.9. The van der Waals surface area contributed by atoms with Crippen molar-refractivity contribution in [3.8, 4) is 0 Å². The summed E-state index contributed by atoms with van der Waals surface area (Å²) in [6, 6.07) is 0. The number of piperidine rings is 1. The minimum absolute atomic E-state index is 0.00675. The summed E-state index contributed by atoms with van der Waals surface area (Å²) in [6.45, 7) is 8.45. The first-order valence-electron chi connectivity index (χ1n) is 6.23. The van der Waals surface area contributed by atoms with Gasteiger partial charge in [-0.2, -0.15) is 0 Å². The molecule has 1 saturated heterocycles. The topological polar surface area (TPSA) is 61.8 Å². The highest BCUT2D eigenvalue weighted by Crippen LogP contribution is 2.14. The van der Waals surface area contributed by atoms with E-state index in [4.69, 9.17) is 9.84 Å². The summed E-state index contributed by atoms with van der Waals surface area (Å²) in [7, 11) is 0. The minimum Gasteiger partial charge on any atom is -0.446 e. The number of alkyl carbamates (subject to hydrolysis) is 1. The molecule has 0 aliphatic carbocycles. The van der Waals surface area contributed by atoms with Gasteiger partial charge in [-0.1, -0.05) is 0 Å². The molecule has 0 aromatic heterocycles. The molecule has 0 unspecified atom stereocenters. The zero-order valence-corrected chi connectivity index (χ0v) is 11.0. The Hall–Kier alpha value is -0.810. The van der Waals surface area contributed by atoms with Gasteiger partial charge < -0.3 is 20.1 Å². The van der Waals surface area contributed by atoms with Crippen LogP contribution in [0.3, 0.4) is 0 Å². The fraction of sp³-hybridized carbons (Fsp3) is 0.917. The molecule has 0 aromatic carbocycles. The SMILES string of the molecule is CC(C)(C)NC(=O)OC1CCN(CCO)CC1. The van der Waals surface area contributed by atoms with Crippen LogP contribution in [0.25, 0.3) is 0 Å². The van der Waals surface area contributed by atoms with Crippen molar-refractivity contribution in [2.45, 2.75) is 45.3 Å². The van der Waals surface area contributed by atoms with Gasteiger partial charge in [0.1, 0.15) is 6.10 Å². The number of hydrogen-bond donors (Lipinski definition) is 2. The number of carbonyl (C=O) groups excluding carboxylic acids is 1. The summed E-state index contributed by atoms with van der Waals surface area (Å²) in [5.41, 5.74) is -0.255. The molecule has 1 fully saturated rings. The Balaban J connectivity index is 2.24. The highest BCUT2D eigenvalue weighted by Gasteiger charge is 2.23. The quantitative estimate of drug-likeness (QED) is 0.776. The average molecular weight is 244 g/mol. The molecule has 0 bridgehead atoms. The molecular weight excluding hydrogens is 220 g/mol. The second-order valence-electron chi connectivity index (χ2n) is 5.54. The van der Waals surface area contributed by atoms with E-state index in [0.29, 0.717) is 6.54 Å². The molecule has 1 aliphatic heterocycles. The van der Waals surface area contributed by atoms with Crippen LogP contribution in [0.5, 0.6) is 0 Å². The molecule has 17 heavy (non-hydrogen) atoms. The van der Waals surface area contributed by atoms with E-state index in [9.17, 15) is 4.79 Å². The molecule has 1 rings (SSSR count). The van der Waals surface area contributed by atoms with E-state index < -0.39 is 0 Å². The van der Waals surface area contributed by atoms with Gasteiger partial charge in [0.15, 0.2) is 0 Å². The van der Waals surface area contributed by atoms with Gasteiger partial charge in [0.2, 0.25) is 0 Å². The van der Waals surface area contributed by atoms with Crippen LogP contribution in [0.2, 0.25) is 0 Å². The number of hydrogen-bond acceptors (Lipinski definition) is 4. The number of carbonyl (C=O) groups is 1. The maximum absolute atomic E-state index is 11.5. The molecule has 1 aliphatic rings. The molecule has 5 nitrogen and oxygen atoms in total. The van der Waals surface area contributed by atoms with E-state index >= 15 is 0 Å². The van der Waals surface area contributed by atoms with E-state index in [2.05, 4.69) is 10.2 Å². The van der Waals surface area contributed by atoms with Crippen molar-refractivity contribution in [1.82, 2.24) is 10.2 Å². The van der Waals surface area contributed by atoms with Gasteiger partial charge >= 0.3 is 6.09 Å². The Morgan fingerprint density at radius 3 is 2.47 bits per heavy atom. The molecule has 5 heteroatoms. The van der Waals surface area contributed by atoms with Crippen LogP contribution in [-0.2, 0) is 4.74 Å². The molecule has 0 saturated carbocycles. The van der Waals surface area contributed by atoms with E-state index in [1.165, 1.54) is 0 Å². The summed E-state index contributed by atoms with van der Waals surface area (Å²) in [4.78, 5) is 13.7. The number of amides is 1. The van der Waals surface area contributed by atoms with E-state index in [-0.39, 0.29) is 24.3 Å². The number of likely N-dealkylation sites (tertiary alicyclic amines) is 1. The van der Waals surface area contributed by atoms with Gasteiger partial charge in [-0.3, -0.25) is 0 Å². The van der Waals surface area contributed by atoms with E-state index in [1.54, 1.807) is 0 Å². The number of aliphatic hydroxyl groups is 1. The number of ether oxygens (including phenoxy) is 1. The van der Waals surface area contributed by atoms with Crippen LogP contribution < -0.4 is 5.32 Å². The summed E-state index contributed by atoms with van der Waals surface area (Å²) in [5.74, 6) is 0. The molecule has 2 N–H and O–H groups in total. The van der Waals surface area contributed by atoms with Crippen molar-refractivity contribution in [2.24, 2.45) is 0 Å². The Morgan fingerprint density at radius 1 is 1.41 bits per heavy atom. The third-order valence-corrected chi connectivity index (χ3v) is 2.70. The second kappa shape index (κ2) is 6.21. The standard InChI is InChI=1S/C12H24N2O3/c1-12(2,3)13-11(16)17-10-4-6-14(7-5-10)8-9-15/h10,15H,4-9H2,1-3H3,(H,13,16). The highest BCUT2D eigenvalue weighted by molar-refractivity contribution is 5.68. The lowest BCUT2D eigenvalue weighted by Gasteiger charge is -2.31. The number of nitrogens with one attached hydrogen (secondary N) is 1. The van der Waals surface area contributed by atoms with Gasteiger partial charge in [-0.25, -0.2) is 4.79 Å². The fourth-order valence-corrected chi connectivity index (χ4v) is 1.88. The first-order chi connectivity index (χ1) is 7.90. The summed E-state index contributed by atoms with van der Waals surface area (Å²) >= 11 is 0. The molecule has 0 radical (unpaired) electrons. The predicted molar refractivity (Wildman–Crippen MR) is 65.9 cm³/mol. The van der Waals surface area contributed by atoms with Crippen LogP contribution in [0.15, 0.2) is 0 Å². The zero-order valence-electron chi connectivity index (χ0n) is 11.0. The largest absolute Gasteiger partial charge is 0.446 e. The van der Waals surface area contributed by atoms with Crippen LogP contribution in [0, 0.1) is 0 Å². The van der Waals surface area contributed by atoms with Gasteiger partial charge in [-0.15, -0.1) is 0 Å². The fourth-order valence-electron chi connectivity index (χ4n) is 1.88. The molecule has 1 heterocycles. The van der Waals surface area contributed by atoms with Crippen molar-refractivity contribution in [3.63, 3.8) is 0 Å². The second-order valence-corrected chi connectivity index (χ2v) is 5.54. The van der Waals surface area contributed by atoms with Crippen molar-refractivity contribution < 1.29 is 14.6 Å². The Labute approximate surface area is 103 Å². The Bertz CT molecular complexity index is 243. The number of β-amino-alcohol motifs (C(OH)–C–C–N with tert-alkyl or cyclic N) is 1. The van der Waals surface area contributed by atoms with Crippen molar-refractivity contribution >= 4 is 6.09 Å². The lowest BCUT2D eigenvalue weighted by molar-refractivity contribution is 0.0428. The molecule has 0 aromatic rings. The molecule has 0 atom stereocenters. The van der Waals surface area contributed by atoms with Gasteiger partial charge in [0, 0.05) is 25.2 Å². The predicted octanol–water partition coefficient (Wildman–Crippen LogP) is 0.968. The van der Waals surface area contributed by atoms with Crippen molar-refractivity contribution in [3.05, 3.63) is 0 Å². The summed E-state index contributed by atoms with van der Waals surface area (Å²) in [6.07, 6.45) is 1.36. The number of nitrogens with zero attached hydrogens (tertiary/aromatic N) is 1. The van der Waals surface area contributed by atoms with Crippen LogP contribution >= 0.6 is 0 Å². The minimum atomic E-state index is -0.335. The smallest absolute Gasteiger partial charge is 0.407 e. The number of rotatable bonds is 3. The molecule has 100 valence electrons. The monoisotopic (exact) mass is 244 g/mol. The molecule has 1 amide bonds. The van der Waals surface area contributed by atoms with Gasteiger partial charge in [0.05, 0.1) is 6.61 Å². The third kappa shape index (κ3) is 5.89. The van der Waals surface area contributed by atoms with Gasteiger partial charge in [0.25, 0.3) is 0 Å². The summed E-state index contributed by atoms with van der Waals surface area (Å²) in [5, 5.41) is 11.6. The molecule has 0 spiro atoms. The van der Waals surface area contributed by atoms with Crippen LogP contribution in [0.4, 0.5) is 4.79 Å². The lowest BCUT2D eigenvalue weighted by Crippen LogP contribution is -2.45. The highest BCUT2D eigenvalue weighted by atomic mass is 16.6. The van der Waals surface area contributed by atoms with E-state index in [1.807, 2.05) is 20.8 Å². The van der Waals surface area contributed by atoms with Crippen molar-refractivity contribution in [2.75, 3.05) is 26.2 Å². The normalized spacial score (nSPS) is 19.1. The maximum atomic E-state index is 11.5. The summed E-state index contributed by atoms with van der Waals surface area (Å²) < 4.78 is 5.35. The Kier molecular flexibility index (Phi) is 5.21. The first kappa shape index (κ1) is 14.3. The molecular formula is C12H24N2O3. The van der Waals surface area contributed by atoms with Gasteiger partial charge in [-0.05, 0) is 33.6 Å². The third-order valence-electron chi connectivity index (χ3n) is 2.70. The number of aliphatic hydroxyl groups excluding tert-OH is 1. The average Bonchev–Trinajstić information content (AvgIpc) is 2.18. The van der Waals surface area contributed by atoms with Crippen molar-refractivity contribution in [1.29, 1.82) is 0 Å². The Morgan fingerprint density at radius 2 is 2.00 bits per heavy atom. The van der Waals surface area contributed by atoms with Crippen LogP contribution in [-0.4, -0.2) is 54.0 Å². The first-order valence-corrected chi connectivity index (χ1v) is 6.23.